The van der Waals surface area contributed by atoms with Crippen LogP contribution in [0.4, 0.5) is 5.69 Å². The quantitative estimate of drug-likeness (QED) is 0.845. The third-order valence-electron chi connectivity index (χ3n) is 2.58. The molecule has 3 nitrogen and oxygen atoms in total. The van der Waals surface area contributed by atoms with Crippen molar-refractivity contribution in [1.82, 2.24) is 0 Å². The van der Waals surface area contributed by atoms with Crippen LogP contribution in [-0.2, 0) is 0 Å². The van der Waals surface area contributed by atoms with Crippen molar-refractivity contribution >= 4 is 21.6 Å². The Morgan fingerprint density at radius 1 is 1.53 bits per heavy atom. The molecule has 0 spiro atoms. The van der Waals surface area contributed by atoms with Crippen molar-refractivity contribution in [2.45, 2.75) is 12.5 Å². The van der Waals surface area contributed by atoms with Crippen molar-refractivity contribution in [2.24, 2.45) is 0 Å². The van der Waals surface area contributed by atoms with Gasteiger partial charge in [-0.15, -0.1) is 0 Å². The van der Waals surface area contributed by atoms with Gasteiger partial charge in [0.1, 0.15) is 0 Å². The van der Waals surface area contributed by atoms with Gasteiger partial charge in [0.05, 0.1) is 23.4 Å². The van der Waals surface area contributed by atoms with Crippen molar-refractivity contribution in [3.05, 3.63) is 28.2 Å². The largest absolute Gasteiger partial charge is 0.391 e. The molecule has 1 aromatic rings. The minimum atomic E-state index is -0.229. The minimum absolute atomic E-state index is 0.229. The SMILES string of the molecule is N#Cc1ccc(N2CC[C@H](O)C2)c(Br)c1. The molecule has 1 aliphatic rings. The predicted octanol–water partition coefficient (Wildman–Crippen LogP) is 1.89. The predicted molar refractivity (Wildman–Crippen MR) is 61.7 cm³/mol. The molecule has 1 fully saturated rings. The Morgan fingerprint density at radius 3 is 2.87 bits per heavy atom. The van der Waals surface area contributed by atoms with Crippen LogP contribution in [-0.4, -0.2) is 24.3 Å². The summed E-state index contributed by atoms with van der Waals surface area (Å²) in [6.07, 6.45) is 0.583. The maximum atomic E-state index is 9.44. The first-order chi connectivity index (χ1) is 7.20. The van der Waals surface area contributed by atoms with Gasteiger partial charge >= 0.3 is 0 Å². The van der Waals surface area contributed by atoms with E-state index in [0.717, 1.165) is 23.1 Å². The summed E-state index contributed by atoms with van der Waals surface area (Å²) < 4.78 is 0.913. The van der Waals surface area contributed by atoms with Gasteiger partial charge in [-0.3, -0.25) is 0 Å². The Bertz CT molecular complexity index is 414. The van der Waals surface area contributed by atoms with E-state index in [1.165, 1.54) is 0 Å². The van der Waals surface area contributed by atoms with Crippen LogP contribution in [0, 0.1) is 11.3 Å². The van der Waals surface area contributed by atoms with Gasteiger partial charge in [-0.25, -0.2) is 0 Å². The molecular weight excluding hydrogens is 256 g/mol. The zero-order valence-electron chi connectivity index (χ0n) is 8.15. The Balaban J connectivity index is 2.26. The fourth-order valence-corrected chi connectivity index (χ4v) is 2.42. The van der Waals surface area contributed by atoms with Crippen molar-refractivity contribution in [3.8, 4) is 6.07 Å². The van der Waals surface area contributed by atoms with Crippen LogP contribution in [0.5, 0.6) is 0 Å². The van der Waals surface area contributed by atoms with E-state index in [2.05, 4.69) is 26.9 Å². The molecule has 1 heterocycles. The number of aliphatic hydroxyl groups is 1. The number of rotatable bonds is 1. The third kappa shape index (κ3) is 2.14. The van der Waals surface area contributed by atoms with Crippen LogP contribution in [0.2, 0.25) is 0 Å². The van der Waals surface area contributed by atoms with Gasteiger partial charge in [-0.1, -0.05) is 0 Å². The molecule has 1 atom stereocenters. The van der Waals surface area contributed by atoms with Crippen LogP contribution in [0.3, 0.4) is 0 Å². The van der Waals surface area contributed by atoms with Gasteiger partial charge < -0.3 is 10.0 Å². The molecule has 1 aromatic carbocycles. The van der Waals surface area contributed by atoms with E-state index >= 15 is 0 Å². The smallest absolute Gasteiger partial charge is 0.0992 e. The molecular formula is C11H11BrN2O. The first-order valence-electron chi connectivity index (χ1n) is 4.83. The topological polar surface area (TPSA) is 47.3 Å². The van der Waals surface area contributed by atoms with E-state index in [1.54, 1.807) is 12.1 Å². The summed E-state index contributed by atoms with van der Waals surface area (Å²) in [5, 5.41) is 18.2. The number of nitriles is 1. The number of benzene rings is 1. The number of halogens is 1. The number of β-amino-alcohol motifs (C(OH)–C–C–N with tert-alkyl or cyclic N) is 1. The molecule has 1 aliphatic heterocycles. The molecule has 4 heteroatoms. The van der Waals surface area contributed by atoms with Crippen molar-refractivity contribution in [3.63, 3.8) is 0 Å². The summed E-state index contributed by atoms with van der Waals surface area (Å²) in [5.41, 5.74) is 1.69. The summed E-state index contributed by atoms with van der Waals surface area (Å²) in [5.74, 6) is 0. The van der Waals surface area contributed by atoms with Crippen molar-refractivity contribution in [1.29, 1.82) is 5.26 Å². The fraction of sp³-hybridized carbons (Fsp3) is 0.364. The van der Waals surface area contributed by atoms with Gasteiger partial charge in [0.2, 0.25) is 0 Å². The van der Waals surface area contributed by atoms with E-state index in [0.29, 0.717) is 12.1 Å². The first kappa shape index (κ1) is 10.5. The number of hydrogen-bond acceptors (Lipinski definition) is 3. The highest BCUT2D eigenvalue weighted by Gasteiger charge is 2.21. The Morgan fingerprint density at radius 2 is 2.33 bits per heavy atom. The summed E-state index contributed by atoms with van der Waals surface area (Å²) >= 11 is 3.44. The Hall–Kier alpha value is -1.05. The van der Waals surface area contributed by atoms with Gasteiger partial charge in [0, 0.05) is 17.6 Å². The molecule has 0 bridgehead atoms. The lowest BCUT2D eigenvalue weighted by Gasteiger charge is -2.19. The van der Waals surface area contributed by atoms with Crippen LogP contribution in [0.15, 0.2) is 22.7 Å². The van der Waals surface area contributed by atoms with E-state index in [1.807, 2.05) is 6.07 Å². The monoisotopic (exact) mass is 266 g/mol. The van der Waals surface area contributed by atoms with E-state index in [-0.39, 0.29) is 6.10 Å². The summed E-state index contributed by atoms with van der Waals surface area (Å²) in [4.78, 5) is 2.12. The second-order valence-electron chi connectivity index (χ2n) is 3.67. The highest BCUT2D eigenvalue weighted by molar-refractivity contribution is 9.10. The number of anilines is 1. The molecule has 0 saturated carbocycles. The number of nitrogens with zero attached hydrogens (tertiary/aromatic N) is 2. The Kier molecular flexibility index (Phi) is 2.94. The summed E-state index contributed by atoms with van der Waals surface area (Å²) in [7, 11) is 0. The minimum Gasteiger partial charge on any atom is -0.391 e. The second-order valence-corrected chi connectivity index (χ2v) is 4.52. The summed E-state index contributed by atoms with van der Waals surface area (Å²) in [6, 6.07) is 7.62. The van der Waals surface area contributed by atoms with Gasteiger partial charge in [-0.2, -0.15) is 5.26 Å². The average molecular weight is 267 g/mol. The van der Waals surface area contributed by atoms with Gasteiger partial charge in [0.15, 0.2) is 0 Å². The summed E-state index contributed by atoms with van der Waals surface area (Å²) in [6.45, 7) is 1.54. The molecule has 78 valence electrons. The van der Waals surface area contributed by atoms with E-state index in [4.69, 9.17) is 5.26 Å². The molecule has 0 amide bonds. The van der Waals surface area contributed by atoms with Crippen LogP contribution in [0.25, 0.3) is 0 Å². The zero-order chi connectivity index (χ0) is 10.8. The standard InChI is InChI=1S/C11H11BrN2O/c12-10-5-8(6-13)1-2-11(10)14-4-3-9(15)7-14/h1-2,5,9,15H,3-4,7H2/t9-/m0/s1. The molecule has 1 saturated heterocycles. The van der Waals surface area contributed by atoms with Gasteiger partial charge in [-0.05, 0) is 40.5 Å². The maximum Gasteiger partial charge on any atom is 0.0992 e. The van der Waals surface area contributed by atoms with E-state index in [9.17, 15) is 5.11 Å². The lowest BCUT2D eigenvalue weighted by atomic mass is 10.2. The fourth-order valence-electron chi connectivity index (χ4n) is 1.79. The van der Waals surface area contributed by atoms with Gasteiger partial charge in [0.25, 0.3) is 0 Å². The highest BCUT2D eigenvalue weighted by atomic mass is 79.9. The van der Waals surface area contributed by atoms with Crippen molar-refractivity contribution in [2.75, 3.05) is 18.0 Å². The number of hydrogen-bond donors (Lipinski definition) is 1. The molecule has 0 unspecified atom stereocenters. The zero-order valence-corrected chi connectivity index (χ0v) is 9.74. The highest BCUT2D eigenvalue weighted by Crippen LogP contribution is 2.29. The Labute approximate surface area is 97.1 Å². The number of aliphatic hydroxyl groups excluding tert-OH is 1. The molecule has 0 aliphatic carbocycles. The first-order valence-corrected chi connectivity index (χ1v) is 5.62. The van der Waals surface area contributed by atoms with Crippen LogP contribution >= 0.6 is 15.9 Å². The van der Waals surface area contributed by atoms with Crippen LogP contribution in [0.1, 0.15) is 12.0 Å². The van der Waals surface area contributed by atoms with Crippen molar-refractivity contribution < 1.29 is 5.11 Å². The lowest BCUT2D eigenvalue weighted by Crippen LogP contribution is -2.21. The molecule has 1 N–H and O–H groups in total. The molecule has 0 aromatic heterocycles. The second kappa shape index (κ2) is 4.21. The van der Waals surface area contributed by atoms with Crippen LogP contribution < -0.4 is 4.90 Å². The average Bonchev–Trinajstić information content (AvgIpc) is 2.64. The molecule has 0 radical (unpaired) electrons. The third-order valence-corrected chi connectivity index (χ3v) is 3.22. The molecule has 15 heavy (non-hydrogen) atoms. The molecule has 2 rings (SSSR count). The lowest BCUT2D eigenvalue weighted by molar-refractivity contribution is 0.198. The maximum absolute atomic E-state index is 9.44. The van der Waals surface area contributed by atoms with E-state index < -0.39 is 0 Å². The normalized spacial score (nSPS) is 20.3.